The van der Waals surface area contributed by atoms with Crippen LogP contribution in [-0.2, 0) is 5.41 Å². The molecule has 4 bridgehead atoms. The Kier molecular flexibility index (Phi) is 4.94. The summed E-state index contributed by atoms with van der Waals surface area (Å²) >= 11 is 0. The highest BCUT2D eigenvalue weighted by Crippen LogP contribution is 2.60. The van der Waals surface area contributed by atoms with E-state index in [0.29, 0.717) is 10.9 Å². The van der Waals surface area contributed by atoms with Crippen molar-refractivity contribution in [3.8, 4) is 22.3 Å². The summed E-state index contributed by atoms with van der Waals surface area (Å²) in [5.74, 6) is 2.87. The van der Waals surface area contributed by atoms with Crippen LogP contribution in [0.2, 0.25) is 0 Å². The second kappa shape index (κ2) is 8.08. The van der Waals surface area contributed by atoms with Gasteiger partial charge in [0.15, 0.2) is 0 Å². The van der Waals surface area contributed by atoms with Gasteiger partial charge in [-0.05, 0) is 106 Å². The summed E-state index contributed by atoms with van der Waals surface area (Å²) in [6.07, 6.45) is 8.64. The molecular weight excluding hydrogens is 427 g/mol. The Morgan fingerprint density at radius 2 is 1.09 bits per heavy atom. The van der Waals surface area contributed by atoms with Crippen molar-refractivity contribution in [2.45, 2.75) is 43.9 Å². The van der Waals surface area contributed by atoms with Gasteiger partial charge in [-0.3, -0.25) is 0 Å². The highest BCUT2D eigenvalue weighted by atomic mass is 16.4. The fraction of sp³-hybridized carbons (Fsp3) is 0.312. The van der Waals surface area contributed by atoms with Gasteiger partial charge in [-0.2, -0.15) is 0 Å². The fourth-order valence-corrected chi connectivity index (χ4v) is 8.12. The second-order valence-corrected chi connectivity index (χ2v) is 11.5. The van der Waals surface area contributed by atoms with Crippen LogP contribution in [-0.4, -0.2) is 17.2 Å². The molecular formula is C32H31BO2. The van der Waals surface area contributed by atoms with Crippen LogP contribution >= 0.6 is 0 Å². The summed E-state index contributed by atoms with van der Waals surface area (Å²) in [6.45, 7) is 0. The third-order valence-electron chi connectivity index (χ3n) is 9.27. The lowest BCUT2D eigenvalue weighted by atomic mass is 9.48. The molecule has 8 rings (SSSR count). The standard InChI is InChI=1S/C32H31BO2/c34-33(35)28-13-9-25(10-14-28)30-6-2-4-26-3-1-5-29(31(26)30)24-7-11-27(12-8-24)32-18-21-15-22(19-32)17-23(16-21)20-32/h1-14,21-23,34-35H,15-20H2. The topological polar surface area (TPSA) is 40.5 Å². The van der Waals surface area contributed by atoms with Crippen molar-refractivity contribution in [3.05, 3.63) is 90.5 Å². The Morgan fingerprint density at radius 3 is 1.57 bits per heavy atom. The highest BCUT2D eigenvalue weighted by Gasteiger charge is 2.51. The van der Waals surface area contributed by atoms with E-state index in [9.17, 15) is 10.0 Å². The Labute approximate surface area is 207 Å². The van der Waals surface area contributed by atoms with Crippen molar-refractivity contribution in [3.63, 3.8) is 0 Å². The van der Waals surface area contributed by atoms with Gasteiger partial charge in [0, 0.05) is 0 Å². The van der Waals surface area contributed by atoms with Gasteiger partial charge in [0.05, 0.1) is 0 Å². The largest absolute Gasteiger partial charge is 0.488 e. The molecule has 0 unspecified atom stereocenters. The molecule has 2 N–H and O–H groups in total. The molecule has 35 heavy (non-hydrogen) atoms. The van der Waals surface area contributed by atoms with Crippen molar-refractivity contribution in [2.75, 3.05) is 0 Å². The Bertz CT molecular complexity index is 1350. The van der Waals surface area contributed by atoms with Crippen LogP contribution < -0.4 is 5.46 Å². The van der Waals surface area contributed by atoms with E-state index in [2.05, 4.69) is 60.7 Å². The quantitative estimate of drug-likeness (QED) is 0.351. The van der Waals surface area contributed by atoms with Crippen LogP contribution in [0.5, 0.6) is 0 Å². The zero-order valence-electron chi connectivity index (χ0n) is 20.0. The van der Waals surface area contributed by atoms with Crippen LogP contribution in [0.1, 0.15) is 44.1 Å². The van der Waals surface area contributed by atoms with Crippen molar-refractivity contribution in [1.29, 1.82) is 0 Å². The first-order valence-electron chi connectivity index (χ1n) is 13.2. The van der Waals surface area contributed by atoms with Gasteiger partial charge in [0.1, 0.15) is 0 Å². The first-order valence-corrected chi connectivity index (χ1v) is 13.2. The van der Waals surface area contributed by atoms with E-state index >= 15 is 0 Å². The second-order valence-electron chi connectivity index (χ2n) is 11.5. The number of hydrogen-bond acceptors (Lipinski definition) is 2. The van der Waals surface area contributed by atoms with E-state index in [1.165, 1.54) is 66.0 Å². The van der Waals surface area contributed by atoms with Crippen molar-refractivity contribution in [1.82, 2.24) is 0 Å². The van der Waals surface area contributed by atoms with Crippen molar-refractivity contribution in [2.24, 2.45) is 17.8 Å². The molecule has 4 fully saturated rings. The van der Waals surface area contributed by atoms with Crippen LogP contribution in [0.4, 0.5) is 0 Å². The van der Waals surface area contributed by atoms with Crippen LogP contribution in [0.25, 0.3) is 33.0 Å². The molecule has 0 aromatic heterocycles. The van der Waals surface area contributed by atoms with Gasteiger partial charge >= 0.3 is 7.12 Å². The third kappa shape index (κ3) is 3.56. The number of benzene rings is 4. The summed E-state index contributed by atoms with van der Waals surface area (Å²) in [7, 11) is -1.44. The molecule has 0 heterocycles. The molecule has 4 aromatic carbocycles. The lowest BCUT2D eigenvalue weighted by Crippen LogP contribution is -2.48. The maximum absolute atomic E-state index is 9.49. The molecule has 0 amide bonds. The van der Waals surface area contributed by atoms with E-state index in [1.807, 2.05) is 12.1 Å². The van der Waals surface area contributed by atoms with Gasteiger partial charge in [0.2, 0.25) is 0 Å². The summed E-state index contributed by atoms with van der Waals surface area (Å²) < 4.78 is 0. The molecule has 4 aliphatic carbocycles. The molecule has 2 nitrogen and oxygen atoms in total. The first-order chi connectivity index (χ1) is 17.1. The van der Waals surface area contributed by atoms with Gasteiger partial charge in [-0.1, -0.05) is 84.9 Å². The smallest absolute Gasteiger partial charge is 0.423 e. The number of fused-ring (bicyclic) bond motifs is 1. The monoisotopic (exact) mass is 458 g/mol. The molecule has 0 radical (unpaired) electrons. The summed E-state index contributed by atoms with van der Waals surface area (Å²) in [4.78, 5) is 0. The minimum Gasteiger partial charge on any atom is -0.423 e. The molecule has 4 aromatic rings. The minimum atomic E-state index is -1.44. The molecule has 0 atom stereocenters. The molecule has 0 saturated heterocycles. The zero-order valence-corrected chi connectivity index (χ0v) is 20.0. The van der Waals surface area contributed by atoms with E-state index in [0.717, 1.165) is 23.3 Å². The van der Waals surface area contributed by atoms with Gasteiger partial charge in [0.25, 0.3) is 0 Å². The lowest BCUT2D eigenvalue weighted by molar-refractivity contribution is -0.00518. The predicted molar refractivity (Wildman–Crippen MR) is 144 cm³/mol. The van der Waals surface area contributed by atoms with E-state index < -0.39 is 7.12 Å². The van der Waals surface area contributed by atoms with E-state index in [1.54, 1.807) is 17.7 Å². The third-order valence-corrected chi connectivity index (χ3v) is 9.27. The lowest BCUT2D eigenvalue weighted by Gasteiger charge is -2.57. The number of rotatable bonds is 4. The minimum absolute atomic E-state index is 0.427. The van der Waals surface area contributed by atoms with Crippen molar-refractivity contribution >= 4 is 23.4 Å². The molecule has 0 spiro atoms. The molecule has 0 aliphatic heterocycles. The van der Waals surface area contributed by atoms with Crippen LogP contribution in [0.3, 0.4) is 0 Å². The maximum Gasteiger partial charge on any atom is 0.488 e. The van der Waals surface area contributed by atoms with Crippen molar-refractivity contribution < 1.29 is 10.0 Å². The van der Waals surface area contributed by atoms with Crippen LogP contribution in [0, 0.1) is 17.8 Å². The normalized spacial score (nSPS) is 26.9. The zero-order chi connectivity index (χ0) is 23.6. The highest BCUT2D eigenvalue weighted by molar-refractivity contribution is 6.58. The Morgan fingerprint density at radius 1 is 0.600 bits per heavy atom. The molecule has 174 valence electrons. The average Bonchev–Trinajstić information content (AvgIpc) is 2.87. The predicted octanol–water partition coefficient (Wildman–Crippen LogP) is 6.32. The summed E-state index contributed by atoms with van der Waals surface area (Å²) in [5.41, 5.74) is 7.27. The van der Waals surface area contributed by atoms with E-state index in [-0.39, 0.29) is 0 Å². The average molecular weight is 458 g/mol. The van der Waals surface area contributed by atoms with Gasteiger partial charge < -0.3 is 10.0 Å². The number of hydrogen-bond donors (Lipinski definition) is 2. The van der Waals surface area contributed by atoms with Gasteiger partial charge in [-0.25, -0.2) is 0 Å². The first kappa shape index (κ1) is 21.4. The van der Waals surface area contributed by atoms with Gasteiger partial charge in [-0.15, -0.1) is 0 Å². The van der Waals surface area contributed by atoms with E-state index in [4.69, 9.17) is 0 Å². The Balaban J connectivity index is 1.29. The van der Waals surface area contributed by atoms with Crippen LogP contribution in [0.15, 0.2) is 84.9 Å². The fourth-order valence-electron chi connectivity index (χ4n) is 8.12. The molecule has 4 saturated carbocycles. The molecule has 4 aliphatic rings. The summed E-state index contributed by atoms with van der Waals surface area (Å²) in [6, 6.07) is 30.1. The summed E-state index contributed by atoms with van der Waals surface area (Å²) in [5, 5.41) is 21.4. The maximum atomic E-state index is 9.49. The SMILES string of the molecule is OB(O)c1ccc(-c2cccc3cccc(-c4ccc(C56CC7CC(CC(C7)C5)C6)cc4)c23)cc1. The molecule has 3 heteroatoms. The Hall–Kier alpha value is -2.88.